The van der Waals surface area contributed by atoms with Crippen molar-refractivity contribution >= 4 is 11.9 Å². The number of aryl methyl sites for hydroxylation is 1. The van der Waals surface area contributed by atoms with E-state index in [0.29, 0.717) is 28.7 Å². The van der Waals surface area contributed by atoms with Gasteiger partial charge in [0.05, 0.1) is 19.9 Å². The number of benzene rings is 2. The van der Waals surface area contributed by atoms with Gasteiger partial charge in [-0.15, -0.1) is 5.10 Å². The van der Waals surface area contributed by atoms with Gasteiger partial charge in [0.1, 0.15) is 22.8 Å². The van der Waals surface area contributed by atoms with Gasteiger partial charge >= 0.3 is 0 Å². The number of nitrogens with one attached hydrogen (secondary N) is 2. The molecule has 10 nitrogen and oxygen atoms in total. The lowest BCUT2D eigenvalue weighted by atomic mass is 10.2. The molecule has 2 heterocycles. The number of aromatic amines is 1. The Kier molecular flexibility index (Phi) is 5.81. The number of rotatable bonds is 6. The van der Waals surface area contributed by atoms with Gasteiger partial charge in [-0.3, -0.25) is 14.9 Å². The van der Waals surface area contributed by atoms with Gasteiger partial charge in [0.15, 0.2) is 5.82 Å². The normalized spacial score (nSPS) is 10.6. The first-order valence-corrected chi connectivity index (χ1v) is 9.89. The van der Waals surface area contributed by atoms with Crippen LogP contribution in [0, 0.1) is 6.92 Å². The summed E-state index contributed by atoms with van der Waals surface area (Å²) in [6.07, 6.45) is 0. The number of carbonyl (C=O) groups excluding carboxylic acids is 1. The molecule has 0 spiro atoms. The van der Waals surface area contributed by atoms with Crippen molar-refractivity contribution in [2.75, 3.05) is 19.5 Å². The van der Waals surface area contributed by atoms with Crippen molar-refractivity contribution in [3.63, 3.8) is 0 Å². The van der Waals surface area contributed by atoms with Crippen LogP contribution in [0.3, 0.4) is 0 Å². The second kappa shape index (κ2) is 8.87. The van der Waals surface area contributed by atoms with Gasteiger partial charge in [0, 0.05) is 11.3 Å². The van der Waals surface area contributed by atoms with Gasteiger partial charge in [-0.2, -0.15) is 4.98 Å². The summed E-state index contributed by atoms with van der Waals surface area (Å²) >= 11 is 0. The van der Waals surface area contributed by atoms with Gasteiger partial charge in [-0.05, 0) is 61.5 Å². The van der Waals surface area contributed by atoms with E-state index in [4.69, 9.17) is 9.47 Å². The fraction of sp³-hybridized carbons (Fsp3) is 0.130. The molecular weight excluding hydrogens is 426 g/mol. The predicted octanol–water partition coefficient (Wildman–Crippen LogP) is 2.91. The zero-order chi connectivity index (χ0) is 23.5. The fourth-order valence-corrected chi connectivity index (χ4v) is 3.25. The molecule has 0 radical (unpaired) electrons. The summed E-state index contributed by atoms with van der Waals surface area (Å²) in [5, 5.41) is 17.0. The molecule has 0 saturated carbocycles. The van der Waals surface area contributed by atoms with Crippen LogP contribution >= 0.6 is 0 Å². The summed E-state index contributed by atoms with van der Waals surface area (Å²) in [5.74, 6) is 0.492. The van der Waals surface area contributed by atoms with Crippen LogP contribution in [0.15, 0.2) is 59.4 Å². The first-order valence-electron chi connectivity index (χ1n) is 9.89. The van der Waals surface area contributed by atoms with Crippen molar-refractivity contribution in [2.45, 2.75) is 6.92 Å². The smallest absolute Gasteiger partial charge is 0.267 e. The minimum absolute atomic E-state index is 0.0407. The van der Waals surface area contributed by atoms with Crippen LogP contribution in [0.25, 0.3) is 17.1 Å². The lowest BCUT2D eigenvalue weighted by molar-refractivity contribution is 0.102. The topological polar surface area (TPSA) is 131 Å². The minimum Gasteiger partial charge on any atom is -0.507 e. The average Bonchev–Trinajstić information content (AvgIpc) is 3.22. The Bertz CT molecular complexity index is 1290. The monoisotopic (exact) mass is 447 g/mol. The average molecular weight is 447 g/mol. The SMILES string of the molecule is COc1ccc(-c2nc(NC(=O)c3c(O)cc(C)[nH]c3=O)nn2-c2ccc(OC)cc2)cc1. The number of hydrogen-bond acceptors (Lipinski definition) is 7. The van der Waals surface area contributed by atoms with Crippen LogP contribution < -0.4 is 20.3 Å². The molecule has 4 aromatic rings. The molecule has 0 bridgehead atoms. The molecule has 2 aromatic carbocycles. The third kappa shape index (κ3) is 4.40. The van der Waals surface area contributed by atoms with Crippen molar-refractivity contribution < 1.29 is 19.4 Å². The molecule has 0 aliphatic carbocycles. The molecule has 0 saturated heterocycles. The van der Waals surface area contributed by atoms with Crippen LogP contribution in [-0.4, -0.2) is 45.0 Å². The number of carbonyl (C=O) groups is 1. The molecule has 33 heavy (non-hydrogen) atoms. The highest BCUT2D eigenvalue weighted by molar-refractivity contribution is 6.05. The Labute approximate surface area is 188 Å². The zero-order valence-electron chi connectivity index (χ0n) is 18.1. The van der Waals surface area contributed by atoms with Crippen LogP contribution in [0.4, 0.5) is 5.95 Å². The second-order valence-electron chi connectivity index (χ2n) is 7.09. The number of pyridine rings is 1. The van der Waals surface area contributed by atoms with Crippen LogP contribution in [-0.2, 0) is 0 Å². The molecule has 0 fully saturated rings. The first-order chi connectivity index (χ1) is 15.9. The Morgan fingerprint density at radius 3 is 2.21 bits per heavy atom. The zero-order valence-corrected chi connectivity index (χ0v) is 18.1. The highest BCUT2D eigenvalue weighted by atomic mass is 16.5. The largest absolute Gasteiger partial charge is 0.507 e. The maximum Gasteiger partial charge on any atom is 0.267 e. The third-order valence-corrected chi connectivity index (χ3v) is 4.87. The van der Waals surface area contributed by atoms with E-state index in [1.807, 2.05) is 12.1 Å². The summed E-state index contributed by atoms with van der Waals surface area (Å²) in [6.45, 7) is 1.60. The summed E-state index contributed by atoms with van der Waals surface area (Å²) in [6, 6.07) is 15.6. The Morgan fingerprint density at radius 1 is 1.03 bits per heavy atom. The van der Waals surface area contributed by atoms with E-state index in [-0.39, 0.29) is 5.95 Å². The summed E-state index contributed by atoms with van der Waals surface area (Å²) in [4.78, 5) is 31.8. The van der Waals surface area contributed by atoms with Crippen LogP contribution in [0.2, 0.25) is 0 Å². The number of H-pyrrole nitrogens is 1. The maximum absolute atomic E-state index is 12.7. The number of nitrogens with zero attached hydrogens (tertiary/aromatic N) is 3. The van der Waals surface area contributed by atoms with E-state index in [1.165, 1.54) is 6.07 Å². The van der Waals surface area contributed by atoms with Gasteiger partial charge in [-0.1, -0.05) is 0 Å². The molecule has 0 aliphatic heterocycles. The van der Waals surface area contributed by atoms with E-state index < -0.39 is 22.8 Å². The number of anilines is 1. The molecule has 4 rings (SSSR count). The molecule has 2 aromatic heterocycles. The number of aromatic nitrogens is 4. The van der Waals surface area contributed by atoms with Crippen molar-refractivity contribution in [3.8, 4) is 34.3 Å². The van der Waals surface area contributed by atoms with E-state index in [2.05, 4.69) is 20.4 Å². The molecule has 0 atom stereocenters. The van der Waals surface area contributed by atoms with E-state index in [1.54, 1.807) is 62.2 Å². The predicted molar refractivity (Wildman–Crippen MR) is 121 cm³/mol. The number of amides is 1. The molecule has 10 heteroatoms. The van der Waals surface area contributed by atoms with Crippen molar-refractivity contribution in [2.24, 2.45) is 0 Å². The Balaban J connectivity index is 1.75. The van der Waals surface area contributed by atoms with Gasteiger partial charge in [0.25, 0.3) is 11.5 Å². The van der Waals surface area contributed by atoms with Gasteiger partial charge in [-0.25, -0.2) is 4.68 Å². The number of hydrogen-bond donors (Lipinski definition) is 3. The molecule has 3 N–H and O–H groups in total. The van der Waals surface area contributed by atoms with E-state index >= 15 is 0 Å². The van der Waals surface area contributed by atoms with Crippen molar-refractivity contribution in [1.82, 2.24) is 19.7 Å². The number of ether oxygens (including phenoxy) is 2. The molecule has 168 valence electrons. The van der Waals surface area contributed by atoms with E-state index in [0.717, 1.165) is 5.56 Å². The highest BCUT2D eigenvalue weighted by Crippen LogP contribution is 2.26. The highest BCUT2D eigenvalue weighted by Gasteiger charge is 2.21. The van der Waals surface area contributed by atoms with E-state index in [9.17, 15) is 14.7 Å². The summed E-state index contributed by atoms with van der Waals surface area (Å²) in [5.41, 5.74) is 0.682. The van der Waals surface area contributed by atoms with Crippen LogP contribution in [0.1, 0.15) is 16.1 Å². The fourth-order valence-electron chi connectivity index (χ4n) is 3.25. The third-order valence-electron chi connectivity index (χ3n) is 4.87. The molecule has 1 amide bonds. The van der Waals surface area contributed by atoms with Gasteiger partial charge < -0.3 is 19.6 Å². The second-order valence-corrected chi connectivity index (χ2v) is 7.09. The first kappa shape index (κ1) is 21.6. The number of aromatic hydroxyl groups is 1. The lowest BCUT2D eigenvalue weighted by Crippen LogP contribution is -2.24. The molecular formula is C23H21N5O5. The summed E-state index contributed by atoms with van der Waals surface area (Å²) < 4.78 is 12.0. The Hall–Kier alpha value is -4.60. The molecule has 0 aliphatic rings. The number of methoxy groups -OCH3 is 2. The van der Waals surface area contributed by atoms with Crippen LogP contribution in [0.5, 0.6) is 17.2 Å². The Morgan fingerprint density at radius 2 is 1.64 bits per heavy atom. The quantitative estimate of drug-likeness (QED) is 0.414. The lowest BCUT2D eigenvalue weighted by Gasteiger charge is -2.07. The van der Waals surface area contributed by atoms with Crippen molar-refractivity contribution in [1.29, 1.82) is 0 Å². The van der Waals surface area contributed by atoms with Crippen molar-refractivity contribution in [3.05, 3.63) is 76.2 Å². The van der Waals surface area contributed by atoms with Gasteiger partial charge in [0.2, 0.25) is 5.95 Å². The minimum atomic E-state index is -0.832. The summed E-state index contributed by atoms with van der Waals surface area (Å²) in [7, 11) is 3.15. The maximum atomic E-state index is 12.7. The molecule has 0 unspecified atom stereocenters. The standard InChI is InChI=1S/C23H21N5O5/c1-13-12-18(29)19(21(30)24-13)22(31)26-23-25-20(14-4-8-16(32-2)9-5-14)28(27-23)15-6-10-17(33-3)11-7-15/h4-12H,1-3H3,(H2,24,29,30)(H,26,27,31).